The third-order valence-electron chi connectivity index (χ3n) is 1.96. The number of nitrogens with two attached hydrogens (primary N) is 1. The van der Waals surface area contributed by atoms with Gasteiger partial charge >= 0.3 is 0 Å². The molecule has 14 heavy (non-hydrogen) atoms. The zero-order valence-corrected chi connectivity index (χ0v) is 8.42. The van der Waals surface area contributed by atoms with E-state index < -0.39 is 0 Å². The average molecular weight is 192 g/mol. The Bertz CT molecular complexity index is 310. The quantitative estimate of drug-likeness (QED) is 0.564. The Morgan fingerprint density at radius 3 is 2.93 bits per heavy atom. The molecule has 76 valence electrons. The Labute approximate surface area is 84.3 Å². The van der Waals surface area contributed by atoms with Crippen LogP contribution >= 0.6 is 0 Å². The van der Waals surface area contributed by atoms with Crippen molar-refractivity contribution in [1.82, 2.24) is 5.32 Å². The summed E-state index contributed by atoms with van der Waals surface area (Å²) in [5.74, 6) is -0.0502. The summed E-state index contributed by atoms with van der Waals surface area (Å²) in [6.07, 6.45) is 2.09. The molecular weight excluding hydrogens is 176 g/mol. The smallest absolute Gasteiger partial charge is 0.251 e. The van der Waals surface area contributed by atoms with Gasteiger partial charge in [-0.2, -0.15) is 0 Å². The number of nitrogen functional groups attached to an aromatic ring is 1. The van der Waals surface area contributed by atoms with Gasteiger partial charge in [-0.1, -0.05) is 19.4 Å². The number of hydrogen-bond donors (Lipinski definition) is 2. The monoisotopic (exact) mass is 192 g/mol. The second-order valence-corrected chi connectivity index (χ2v) is 3.23. The number of nitrogens with one attached hydrogen (secondary N) is 1. The number of anilines is 1. The number of hydrogen-bond acceptors (Lipinski definition) is 2. The molecule has 1 rings (SSSR count). The second-order valence-electron chi connectivity index (χ2n) is 3.23. The third-order valence-corrected chi connectivity index (χ3v) is 1.96. The zero-order chi connectivity index (χ0) is 10.4. The minimum atomic E-state index is -0.0502. The second kappa shape index (κ2) is 5.27. The lowest BCUT2D eigenvalue weighted by molar-refractivity contribution is 0.0953. The fourth-order valence-corrected chi connectivity index (χ4v) is 1.16. The van der Waals surface area contributed by atoms with Crippen molar-refractivity contribution in [1.29, 1.82) is 0 Å². The van der Waals surface area contributed by atoms with Crippen LogP contribution in [0.5, 0.6) is 0 Å². The number of carbonyl (C=O) groups is 1. The summed E-state index contributed by atoms with van der Waals surface area (Å²) in [6, 6.07) is 6.99. The highest BCUT2D eigenvalue weighted by Crippen LogP contribution is 2.05. The minimum absolute atomic E-state index is 0.0502. The molecule has 1 aromatic carbocycles. The van der Waals surface area contributed by atoms with Crippen LogP contribution in [0.1, 0.15) is 30.1 Å². The molecule has 0 radical (unpaired) electrons. The lowest BCUT2D eigenvalue weighted by Crippen LogP contribution is -2.24. The molecule has 3 nitrogen and oxygen atoms in total. The number of benzene rings is 1. The van der Waals surface area contributed by atoms with Crippen LogP contribution in [0, 0.1) is 0 Å². The highest BCUT2D eigenvalue weighted by atomic mass is 16.1. The molecule has 0 aliphatic rings. The normalized spacial score (nSPS) is 9.79. The van der Waals surface area contributed by atoms with E-state index in [-0.39, 0.29) is 5.91 Å². The Hall–Kier alpha value is -1.51. The topological polar surface area (TPSA) is 55.1 Å². The fourth-order valence-electron chi connectivity index (χ4n) is 1.16. The SMILES string of the molecule is CCCCNC(=O)c1cccc(N)c1. The summed E-state index contributed by atoms with van der Waals surface area (Å²) in [5.41, 5.74) is 6.82. The van der Waals surface area contributed by atoms with Crippen LogP contribution in [0.25, 0.3) is 0 Å². The lowest BCUT2D eigenvalue weighted by atomic mass is 10.2. The zero-order valence-electron chi connectivity index (χ0n) is 8.42. The highest BCUT2D eigenvalue weighted by molar-refractivity contribution is 5.94. The van der Waals surface area contributed by atoms with Gasteiger partial charge in [0.15, 0.2) is 0 Å². The van der Waals surface area contributed by atoms with Crippen molar-refractivity contribution in [2.24, 2.45) is 0 Å². The molecule has 0 bridgehead atoms. The Kier molecular flexibility index (Phi) is 3.98. The van der Waals surface area contributed by atoms with Crippen molar-refractivity contribution >= 4 is 11.6 Å². The first-order chi connectivity index (χ1) is 6.74. The average Bonchev–Trinajstić information content (AvgIpc) is 2.18. The molecule has 1 aromatic rings. The molecule has 3 N–H and O–H groups in total. The number of amides is 1. The molecule has 0 atom stereocenters. The van der Waals surface area contributed by atoms with Gasteiger partial charge in [0.05, 0.1) is 0 Å². The molecular formula is C11H16N2O. The summed E-state index contributed by atoms with van der Waals surface area (Å²) in [4.78, 5) is 11.5. The molecule has 0 aliphatic carbocycles. The first kappa shape index (κ1) is 10.6. The van der Waals surface area contributed by atoms with Crippen LogP contribution in [0.4, 0.5) is 5.69 Å². The van der Waals surface area contributed by atoms with Gasteiger partial charge in [0, 0.05) is 17.8 Å². The van der Waals surface area contributed by atoms with E-state index in [0.29, 0.717) is 11.3 Å². The summed E-state index contributed by atoms with van der Waals surface area (Å²) in [6.45, 7) is 2.82. The summed E-state index contributed by atoms with van der Waals surface area (Å²) >= 11 is 0. The van der Waals surface area contributed by atoms with Crippen molar-refractivity contribution in [3.8, 4) is 0 Å². The maximum absolute atomic E-state index is 11.5. The van der Waals surface area contributed by atoms with Crippen LogP contribution in [0.3, 0.4) is 0 Å². The molecule has 0 aromatic heterocycles. The van der Waals surface area contributed by atoms with Gasteiger partial charge in [0.25, 0.3) is 5.91 Å². The van der Waals surface area contributed by atoms with Gasteiger partial charge in [-0.3, -0.25) is 4.79 Å². The van der Waals surface area contributed by atoms with E-state index in [2.05, 4.69) is 12.2 Å². The third kappa shape index (κ3) is 3.09. The maximum atomic E-state index is 11.5. The van der Waals surface area contributed by atoms with Crippen molar-refractivity contribution in [3.05, 3.63) is 29.8 Å². The molecule has 1 amide bonds. The van der Waals surface area contributed by atoms with E-state index >= 15 is 0 Å². The Morgan fingerprint density at radius 1 is 1.50 bits per heavy atom. The van der Waals surface area contributed by atoms with E-state index in [4.69, 9.17) is 5.73 Å². The van der Waals surface area contributed by atoms with E-state index in [1.54, 1.807) is 24.3 Å². The van der Waals surface area contributed by atoms with E-state index in [1.165, 1.54) is 0 Å². The van der Waals surface area contributed by atoms with E-state index in [0.717, 1.165) is 19.4 Å². The summed E-state index contributed by atoms with van der Waals surface area (Å²) < 4.78 is 0. The van der Waals surface area contributed by atoms with Gasteiger partial charge in [-0.15, -0.1) is 0 Å². The standard InChI is InChI=1S/C11H16N2O/c1-2-3-7-13-11(14)9-5-4-6-10(12)8-9/h4-6,8H,2-3,7,12H2,1H3,(H,13,14). The van der Waals surface area contributed by atoms with Crippen molar-refractivity contribution in [2.45, 2.75) is 19.8 Å². The van der Waals surface area contributed by atoms with E-state index in [1.807, 2.05) is 0 Å². The number of rotatable bonds is 4. The number of carbonyl (C=O) groups excluding carboxylic acids is 1. The van der Waals surface area contributed by atoms with Crippen LogP contribution in [0.2, 0.25) is 0 Å². The van der Waals surface area contributed by atoms with Gasteiger partial charge in [0.2, 0.25) is 0 Å². The Morgan fingerprint density at radius 2 is 2.29 bits per heavy atom. The van der Waals surface area contributed by atoms with Crippen LogP contribution in [-0.4, -0.2) is 12.5 Å². The molecule has 0 unspecified atom stereocenters. The molecule has 3 heteroatoms. The first-order valence-corrected chi connectivity index (χ1v) is 4.87. The van der Waals surface area contributed by atoms with Gasteiger partial charge in [-0.05, 0) is 24.6 Å². The fraction of sp³-hybridized carbons (Fsp3) is 0.364. The Balaban J connectivity index is 2.52. The molecule has 0 aliphatic heterocycles. The van der Waals surface area contributed by atoms with Crippen LogP contribution in [-0.2, 0) is 0 Å². The van der Waals surface area contributed by atoms with Gasteiger partial charge in [-0.25, -0.2) is 0 Å². The molecule has 0 saturated carbocycles. The largest absolute Gasteiger partial charge is 0.399 e. The number of unbranched alkanes of at least 4 members (excludes halogenated alkanes) is 1. The molecule has 0 saturated heterocycles. The minimum Gasteiger partial charge on any atom is -0.399 e. The van der Waals surface area contributed by atoms with Crippen molar-refractivity contribution in [2.75, 3.05) is 12.3 Å². The van der Waals surface area contributed by atoms with Crippen molar-refractivity contribution < 1.29 is 4.79 Å². The summed E-state index contributed by atoms with van der Waals surface area (Å²) in [7, 11) is 0. The van der Waals surface area contributed by atoms with Crippen molar-refractivity contribution in [3.63, 3.8) is 0 Å². The molecule has 0 fully saturated rings. The lowest BCUT2D eigenvalue weighted by Gasteiger charge is -2.04. The van der Waals surface area contributed by atoms with Gasteiger partial charge < -0.3 is 11.1 Å². The van der Waals surface area contributed by atoms with Crippen LogP contribution in [0.15, 0.2) is 24.3 Å². The highest BCUT2D eigenvalue weighted by Gasteiger charge is 2.03. The summed E-state index contributed by atoms with van der Waals surface area (Å²) in [5, 5.41) is 2.83. The van der Waals surface area contributed by atoms with Crippen LogP contribution < -0.4 is 11.1 Å². The van der Waals surface area contributed by atoms with Gasteiger partial charge in [0.1, 0.15) is 0 Å². The molecule has 0 heterocycles. The predicted octanol–water partition coefficient (Wildman–Crippen LogP) is 1.80. The first-order valence-electron chi connectivity index (χ1n) is 4.87. The van der Waals surface area contributed by atoms with E-state index in [9.17, 15) is 4.79 Å². The predicted molar refractivity (Wildman–Crippen MR) is 58.1 cm³/mol. The maximum Gasteiger partial charge on any atom is 0.251 e. The molecule has 0 spiro atoms.